The zero-order chi connectivity index (χ0) is 23.1. The molecule has 0 aliphatic heterocycles. The normalized spacial score (nSPS) is 12.2. The number of sulfonamides is 1. The number of amides is 1. The topological polar surface area (TPSA) is 101 Å². The Bertz CT molecular complexity index is 1140. The highest BCUT2D eigenvalue weighted by Gasteiger charge is 2.29. The minimum Gasteiger partial charge on any atom is -0.494 e. The number of rotatable bonds is 10. The van der Waals surface area contributed by atoms with Crippen LogP contribution in [0.15, 0.2) is 58.9 Å². The fourth-order valence-corrected chi connectivity index (χ4v) is 5.80. The molecule has 1 N–H and O–H groups in total. The van der Waals surface area contributed by atoms with E-state index in [1.165, 1.54) is 30.0 Å². The molecule has 0 saturated heterocycles. The summed E-state index contributed by atoms with van der Waals surface area (Å²) in [5.74, 6) is 0.857. The number of nitrogens with one attached hydrogen (secondary N) is 1. The SMILES string of the molecule is CCOc1ccc(N([C@H](C)C(=O)Nc2nnc(SCc3ccccc3)s2)S(C)(=O)=O)cc1. The van der Waals surface area contributed by atoms with E-state index in [4.69, 9.17) is 4.74 Å². The number of aromatic nitrogens is 2. The van der Waals surface area contributed by atoms with E-state index >= 15 is 0 Å². The maximum Gasteiger partial charge on any atom is 0.249 e. The molecule has 0 unspecified atom stereocenters. The first-order valence-corrected chi connectivity index (χ1v) is 13.5. The van der Waals surface area contributed by atoms with Gasteiger partial charge in [0.2, 0.25) is 21.1 Å². The van der Waals surface area contributed by atoms with E-state index in [1.807, 2.05) is 37.3 Å². The largest absolute Gasteiger partial charge is 0.494 e. The molecule has 8 nitrogen and oxygen atoms in total. The number of thioether (sulfide) groups is 1. The summed E-state index contributed by atoms with van der Waals surface area (Å²) in [5, 5.41) is 11.1. The number of anilines is 2. The lowest BCUT2D eigenvalue weighted by atomic mass is 10.2. The van der Waals surface area contributed by atoms with Crippen molar-refractivity contribution in [1.29, 1.82) is 0 Å². The summed E-state index contributed by atoms with van der Waals surface area (Å²) < 4.78 is 32.1. The Morgan fingerprint density at radius 2 is 1.84 bits per heavy atom. The van der Waals surface area contributed by atoms with Gasteiger partial charge in [-0.3, -0.25) is 14.4 Å². The average Bonchev–Trinajstić information content (AvgIpc) is 3.21. The molecule has 1 aromatic heterocycles. The lowest BCUT2D eigenvalue weighted by molar-refractivity contribution is -0.116. The maximum absolute atomic E-state index is 12.8. The van der Waals surface area contributed by atoms with E-state index in [1.54, 1.807) is 24.3 Å². The van der Waals surface area contributed by atoms with Crippen LogP contribution >= 0.6 is 23.1 Å². The highest BCUT2D eigenvalue weighted by Crippen LogP contribution is 2.29. The Labute approximate surface area is 196 Å². The summed E-state index contributed by atoms with van der Waals surface area (Å²) >= 11 is 2.76. The van der Waals surface area contributed by atoms with Gasteiger partial charge in [-0.1, -0.05) is 53.4 Å². The number of hydrogen-bond acceptors (Lipinski definition) is 8. The third-order valence-corrected chi connectivity index (χ3v) is 7.62. The van der Waals surface area contributed by atoms with E-state index in [0.29, 0.717) is 27.5 Å². The average molecular weight is 493 g/mol. The van der Waals surface area contributed by atoms with E-state index < -0.39 is 22.0 Å². The molecule has 1 heterocycles. The number of nitrogens with zero attached hydrogens (tertiary/aromatic N) is 3. The van der Waals surface area contributed by atoms with Gasteiger partial charge in [-0.25, -0.2) is 8.42 Å². The van der Waals surface area contributed by atoms with Gasteiger partial charge in [-0.15, -0.1) is 10.2 Å². The van der Waals surface area contributed by atoms with Gasteiger partial charge in [0.05, 0.1) is 18.6 Å². The van der Waals surface area contributed by atoms with Crippen LogP contribution in [0.1, 0.15) is 19.4 Å². The van der Waals surface area contributed by atoms with Crippen LogP contribution in [0.5, 0.6) is 5.75 Å². The summed E-state index contributed by atoms with van der Waals surface area (Å²) in [5.41, 5.74) is 1.53. The zero-order valence-corrected chi connectivity index (χ0v) is 20.3. The van der Waals surface area contributed by atoms with Crippen LogP contribution in [0.3, 0.4) is 0 Å². The molecule has 0 fully saturated rings. The number of ether oxygens (including phenoxy) is 1. The van der Waals surface area contributed by atoms with Gasteiger partial charge in [0.15, 0.2) is 4.34 Å². The molecule has 0 aliphatic carbocycles. The molecule has 0 aliphatic rings. The van der Waals surface area contributed by atoms with Gasteiger partial charge < -0.3 is 4.74 Å². The Morgan fingerprint density at radius 1 is 1.16 bits per heavy atom. The molecule has 0 radical (unpaired) electrons. The third kappa shape index (κ3) is 6.44. The Balaban J connectivity index is 1.68. The van der Waals surface area contributed by atoms with E-state index in [2.05, 4.69) is 15.5 Å². The molecular weight excluding hydrogens is 468 g/mol. The van der Waals surface area contributed by atoms with Crippen molar-refractivity contribution >= 4 is 49.8 Å². The number of carbonyl (C=O) groups is 1. The molecular formula is C21H24N4O4S3. The van der Waals surface area contributed by atoms with Crippen LogP contribution in [0.2, 0.25) is 0 Å². The fraction of sp³-hybridized carbons (Fsp3) is 0.286. The van der Waals surface area contributed by atoms with E-state index in [0.717, 1.165) is 21.9 Å². The van der Waals surface area contributed by atoms with Crippen molar-refractivity contribution in [2.75, 3.05) is 22.5 Å². The molecule has 0 bridgehead atoms. The summed E-state index contributed by atoms with van der Waals surface area (Å²) in [6, 6.07) is 15.5. The molecule has 2 aromatic carbocycles. The van der Waals surface area contributed by atoms with Crippen LogP contribution in [-0.2, 0) is 20.6 Å². The van der Waals surface area contributed by atoms with E-state index in [9.17, 15) is 13.2 Å². The second-order valence-electron chi connectivity index (χ2n) is 6.80. The lowest BCUT2D eigenvalue weighted by Crippen LogP contribution is -2.45. The molecule has 170 valence electrons. The fourth-order valence-electron chi connectivity index (χ4n) is 2.91. The van der Waals surface area contributed by atoms with Crippen molar-refractivity contribution in [3.05, 3.63) is 60.2 Å². The first kappa shape index (κ1) is 24.0. The molecule has 11 heteroatoms. The highest BCUT2D eigenvalue weighted by atomic mass is 32.2. The maximum atomic E-state index is 12.8. The van der Waals surface area contributed by atoms with Gasteiger partial charge in [-0.05, 0) is 43.7 Å². The van der Waals surface area contributed by atoms with Gasteiger partial charge in [-0.2, -0.15) is 0 Å². The van der Waals surface area contributed by atoms with Crippen LogP contribution in [0.4, 0.5) is 10.8 Å². The predicted molar refractivity (Wildman–Crippen MR) is 129 cm³/mol. The minimum atomic E-state index is -3.72. The van der Waals surface area contributed by atoms with Gasteiger partial charge >= 0.3 is 0 Å². The van der Waals surface area contributed by atoms with Gasteiger partial charge in [0.1, 0.15) is 11.8 Å². The molecule has 3 rings (SSSR count). The quantitative estimate of drug-likeness (QED) is 0.337. The smallest absolute Gasteiger partial charge is 0.249 e. The summed E-state index contributed by atoms with van der Waals surface area (Å²) in [6.07, 6.45) is 1.07. The summed E-state index contributed by atoms with van der Waals surface area (Å²) in [6.45, 7) is 3.89. The van der Waals surface area contributed by atoms with Crippen LogP contribution in [0.25, 0.3) is 0 Å². The molecule has 0 spiro atoms. The van der Waals surface area contributed by atoms with Crippen molar-refractivity contribution < 1.29 is 17.9 Å². The van der Waals surface area contributed by atoms with Crippen molar-refractivity contribution in [3.8, 4) is 5.75 Å². The second kappa shape index (κ2) is 10.8. The number of benzene rings is 2. The molecule has 1 amide bonds. The first-order chi connectivity index (χ1) is 15.3. The standard InChI is InChI=1S/C21H24N4O4S3/c1-4-29-18-12-10-17(11-13-18)25(32(3,27)28)15(2)19(26)22-20-23-24-21(31-20)30-14-16-8-6-5-7-9-16/h5-13,15H,4,14H2,1-3H3,(H,22,23,26)/t15-/m1/s1. The summed E-state index contributed by atoms with van der Waals surface area (Å²) in [7, 11) is -3.72. The van der Waals surface area contributed by atoms with E-state index in [-0.39, 0.29) is 0 Å². The molecule has 3 aromatic rings. The Morgan fingerprint density at radius 3 is 2.47 bits per heavy atom. The van der Waals surface area contributed by atoms with Crippen LogP contribution in [-0.4, -0.2) is 43.4 Å². The monoisotopic (exact) mass is 492 g/mol. The third-order valence-electron chi connectivity index (χ3n) is 4.33. The minimum absolute atomic E-state index is 0.317. The predicted octanol–water partition coefficient (Wildman–Crippen LogP) is 4.02. The van der Waals surface area contributed by atoms with Crippen LogP contribution in [0, 0.1) is 0 Å². The lowest BCUT2D eigenvalue weighted by Gasteiger charge is -2.28. The number of hydrogen-bond donors (Lipinski definition) is 1. The number of carbonyl (C=O) groups excluding carboxylic acids is 1. The van der Waals surface area contributed by atoms with Crippen molar-refractivity contribution in [3.63, 3.8) is 0 Å². The van der Waals surface area contributed by atoms with Crippen molar-refractivity contribution in [2.24, 2.45) is 0 Å². The second-order valence-corrected chi connectivity index (χ2v) is 10.9. The molecule has 0 saturated carbocycles. The van der Waals surface area contributed by atoms with Crippen molar-refractivity contribution in [2.45, 2.75) is 30.0 Å². The summed E-state index contributed by atoms with van der Waals surface area (Å²) in [4.78, 5) is 12.8. The van der Waals surface area contributed by atoms with Gasteiger partial charge in [0, 0.05) is 5.75 Å². The first-order valence-electron chi connectivity index (χ1n) is 9.81. The Hall–Kier alpha value is -2.63. The zero-order valence-electron chi connectivity index (χ0n) is 17.9. The van der Waals surface area contributed by atoms with Gasteiger partial charge in [0.25, 0.3) is 0 Å². The van der Waals surface area contributed by atoms with Crippen molar-refractivity contribution in [1.82, 2.24) is 10.2 Å². The molecule has 1 atom stereocenters. The molecule has 32 heavy (non-hydrogen) atoms. The van der Waals surface area contributed by atoms with Crippen LogP contribution < -0.4 is 14.4 Å². The Kier molecular flexibility index (Phi) is 8.10. The highest BCUT2D eigenvalue weighted by molar-refractivity contribution is 8.00.